The molecule has 3 N–H and O–H groups in total. The van der Waals surface area contributed by atoms with Gasteiger partial charge in [-0.2, -0.15) is 0 Å². The summed E-state index contributed by atoms with van der Waals surface area (Å²) in [5.41, 5.74) is 0. The third-order valence-corrected chi connectivity index (χ3v) is 14.2. The molecule has 1 amide bonds. The number of ether oxygens (including phenoxy) is 1. The Morgan fingerprint density at radius 2 is 0.725 bits per heavy atom. The van der Waals surface area contributed by atoms with Crippen LogP contribution in [0.2, 0.25) is 0 Å². The van der Waals surface area contributed by atoms with Gasteiger partial charge in [0.15, 0.2) is 0 Å². The van der Waals surface area contributed by atoms with E-state index >= 15 is 0 Å². The Morgan fingerprint density at radius 1 is 0.406 bits per heavy atom. The third kappa shape index (κ3) is 55.2. The highest BCUT2D eigenvalue weighted by Gasteiger charge is 2.18. The number of unbranched alkanes of at least 4 members (excludes halogenated alkanes) is 42. The first-order chi connectivity index (χ1) is 34.0. The molecule has 0 bridgehead atoms. The number of amides is 1. The Hall–Kier alpha value is -1.92. The van der Waals surface area contributed by atoms with E-state index < -0.39 is 12.1 Å². The van der Waals surface area contributed by atoms with Crippen LogP contribution in [0, 0.1) is 0 Å². The van der Waals surface area contributed by atoms with E-state index in [4.69, 9.17) is 4.74 Å². The molecule has 6 nitrogen and oxygen atoms in total. The Kier molecular flexibility index (Phi) is 57.0. The van der Waals surface area contributed by atoms with E-state index in [0.29, 0.717) is 19.4 Å². The maximum Gasteiger partial charge on any atom is 0.305 e. The van der Waals surface area contributed by atoms with Gasteiger partial charge in [-0.25, -0.2) is 0 Å². The summed E-state index contributed by atoms with van der Waals surface area (Å²) in [6.45, 7) is 4.90. The van der Waals surface area contributed by atoms with Gasteiger partial charge in [0.1, 0.15) is 0 Å². The topological polar surface area (TPSA) is 95.9 Å². The molecular formula is C63H119NO5. The lowest BCUT2D eigenvalue weighted by Crippen LogP contribution is -2.45. The molecule has 0 aliphatic carbocycles. The Balaban J connectivity index is 3.43. The third-order valence-electron chi connectivity index (χ3n) is 14.2. The lowest BCUT2D eigenvalue weighted by Gasteiger charge is -2.20. The van der Waals surface area contributed by atoms with Crippen molar-refractivity contribution in [1.82, 2.24) is 5.32 Å². The fourth-order valence-corrected chi connectivity index (χ4v) is 9.43. The molecule has 0 aromatic carbocycles. The van der Waals surface area contributed by atoms with Crippen LogP contribution in [-0.2, 0) is 14.3 Å². The highest BCUT2D eigenvalue weighted by Crippen LogP contribution is 2.17. The molecule has 0 aromatic heterocycles. The van der Waals surface area contributed by atoms with Gasteiger partial charge in [0, 0.05) is 12.8 Å². The summed E-state index contributed by atoms with van der Waals surface area (Å²) < 4.78 is 5.48. The van der Waals surface area contributed by atoms with Crippen LogP contribution >= 0.6 is 0 Å². The minimum atomic E-state index is -0.847. The van der Waals surface area contributed by atoms with Gasteiger partial charge < -0.3 is 20.3 Å². The minimum Gasteiger partial charge on any atom is -0.466 e. The number of aliphatic hydroxyl groups excluding tert-OH is 2. The van der Waals surface area contributed by atoms with Crippen molar-refractivity contribution < 1.29 is 24.5 Å². The molecule has 0 saturated heterocycles. The average Bonchev–Trinajstić information content (AvgIpc) is 3.35. The van der Waals surface area contributed by atoms with Gasteiger partial charge >= 0.3 is 5.97 Å². The highest BCUT2D eigenvalue weighted by molar-refractivity contribution is 5.76. The standard InChI is InChI=1S/C63H119NO5/c1-3-5-7-9-11-13-15-17-29-33-37-41-45-49-53-57-63(68)69-58-54-50-46-42-38-34-31-28-26-24-22-20-18-19-21-23-25-27-30-32-36-40-44-48-52-56-62(67)64-60(59-65)61(66)55-51-47-43-39-35-16-14-12-10-8-6-4-2/h19-22,51,55,60-61,65-66H,3-18,23-50,52-54,56-59H2,1-2H3,(H,64,67)/b21-19-,22-20-,55-51+. The SMILES string of the molecule is CCCCCCCCCCCC/C=C/C(O)C(CO)NC(=O)CCCCCCCCCCC/C=C\C/C=C\CCCCCCCCCCCOC(=O)CCCCCCCCCCCCCCCCC. The number of carbonyl (C=O) groups is 2. The lowest BCUT2D eigenvalue weighted by atomic mass is 10.0. The van der Waals surface area contributed by atoms with Crippen LogP contribution in [0.5, 0.6) is 0 Å². The number of aliphatic hydroxyl groups is 2. The summed E-state index contributed by atoms with van der Waals surface area (Å²) in [6, 6.07) is -0.631. The van der Waals surface area contributed by atoms with Crippen molar-refractivity contribution in [3.05, 3.63) is 36.5 Å². The Labute approximate surface area is 430 Å². The fraction of sp³-hybridized carbons (Fsp3) is 0.873. The first kappa shape index (κ1) is 67.1. The second-order valence-electron chi connectivity index (χ2n) is 21.0. The van der Waals surface area contributed by atoms with Gasteiger partial charge in [0.2, 0.25) is 5.91 Å². The minimum absolute atomic E-state index is 0.0113. The predicted octanol–water partition coefficient (Wildman–Crippen LogP) is 19.2. The quantitative estimate of drug-likeness (QED) is 0.0321. The molecule has 0 aliphatic heterocycles. The molecule has 0 aliphatic rings. The largest absolute Gasteiger partial charge is 0.466 e. The van der Waals surface area contributed by atoms with E-state index in [-0.39, 0.29) is 18.5 Å². The number of esters is 1. The van der Waals surface area contributed by atoms with Crippen LogP contribution in [-0.4, -0.2) is 47.4 Å². The molecule has 2 unspecified atom stereocenters. The van der Waals surface area contributed by atoms with Crippen molar-refractivity contribution in [2.75, 3.05) is 13.2 Å². The summed E-state index contributed by atoms with van der Waals surface area (Å²) in [5.74, 6) is -0.0631. The van der Waals surface area contributed by atoms with E-state index in [0.717, 1.165) is 44.9 Å². The maximum atomic E-state index is 12.4. The van der Waals surface area contributed by atoms with Gasteiger partial charge in [-0.15, -0.1) is 0 Å². The molecule has 2 atom stereocenters. The molecule has 406 valence electrons. The van der Waals surface area contributed by atoms with E-state index in [2.05, 4.69) is 43.5 Å². The van der Waals surface area contributed by atoms with Crippen molar-refractivity contribution in [3.8, 4) is 0 Å². The molecule has 0 radical (unpaired) electrons. The van der Waals surface area contributed by atoms with Crippen molar-refractivity contribution >= 4 is 11.9 Å². The van der Waals surface area contributed by atoms with Gasteiger partial charge in [0.25, 0.3) is 0 Å². The zero-order chi connectivity index (χ0) is 50.0. The second-order valence-corrected chi connectivity index (χ2v) is 21.0. The normalized spacial score (nSPS) is 12.8. The molecule has 0 rings (SSSR count). The van der Waals surface area contributed by atoms with E-state index in [1.807, 2.05) is 6.08 Å². The average molecular weight is 971 g/mol. The van der Waals surface area contributed by atoms with Crippen LogP contribution < -0.4 is 5.32 Å². The van der Waals surface area contributed by atoms with Crippen LogP contribution in [0.3, 0.4) is 0 Å². The van der Waals surface area contributed by atoms with Crippen molar-refractivity contribution in [2.24, 2.45) is 0 Å². The van der Waals surface area contributed by atoms with Crippen LogP contribution in [0.1, 0.15) is 328 Å². The summed E-state index contributed by atoms with van der Waals surface area (Å²) >= 11 is 0. The summed E-state index contributed by atoms with van der Waals surface area (Å²) in [4.78, 5) is 24.5. The van der Waals surface area contributed by atoms with E-state index in [1.165, 1.54) is 257 Å². The lowest BCUT2D eigenvalue weighted by molar-refractivity contribution is -0.143. The molecule has 0 aromatic rings. The molecule has 6 heteroatoms. The monoisotopic (exact) mass is 970 g/mol. The van der Waals surface area contributed by atoms with Crippen LogP contribution in [0.15, 0.2) is 36.5 Å². The number of hydrogen-bond acceptors (Lipinski definition) is 5. The van der Waals surface area contributed by atoms with Crippen molar-refractivity contribution in [3.63, 3.8) is 0 Å². The number of allylic oxidation sites excluding steroid dienone is 5. The van der Waals surface area contributed by atoms with E-state index in [9.17, 15) is 19.8 Å². The van der Waals surface area contributed by atoms with Crippen molar-refractivity contribution in [2.45, 2.75) is 341 Å². The highest BCUT2D eigenvalue weighted by atomic mass is 16.5. The number of hydrogen-bond donors (Lipinski definition) is 3. The number of rotatable bonds is 57. The summed E-state index contributed by atoms with van der Waals surface area (Å²) in [6.07, 6.45) is 73.3. The molecule has 69 heavy (non-hydrogen) atoms. The summed E-state index contributed by atoms with van der Waals surface area (Å²) in [7, 11) is 0. The molecular weight excluding hydrogens is 851 g/mol. The van der Waals surface area contributed by atoms with Gasteiger partial charge in [-0.05, 0) is 64.2 Å². The smallest absolute Gasteiger partial charge is 0.305 e. The van der Waals surface area contributed by atoms with Crippen LogP contribution in [0.4, 0.5) is 0 Å². The molecule has 0 saturated carbocycles. The number of nitrogens with one attached hydrogen (secondary N) is 1. The molecule has 0 fully saturated rings. The second kappa shape index (κ2) is 58.6. The number of carbonyl (C=O) groups excluding carboxylic acids is 2. The first-order valence-electron chi connectivity index (χ1n) is 30.8. The van der Waals surface area contributed by atoms with Gasteiger partial charge in [-0.3, -0.25) is 9.59 Å². The van der Waals surface area contributed by atoms with Crippen molar-refractivity contribution in [1.29, 1.82) is 0 Å². The zero-order valence-electron chi connectivity index (χ0n) is 46.3. The van der Waals surface area contributed by atoms with E-state index in [1.54, 1.807) is 6.08 Å². The van der Waals surface area contributed by atoms with Crippen LogP contribution in [0.25, 0.3) is 0 Å². The predicted molar refractivity (Wildman–Crippen MR) is 301 cm³/mol. The molecule has 0 heterocycles. The van der Waals surface area contributed by atoms with Gasteiger partial charge in [0.05, 0.1) is 25.4 Å². The Bertz CT molecular complexity index is 1120. The van der Waals surface area contributed by atoms with Gasteiger partial charge in [-0.1, -0.05) is 288 Å². The maximum absolute atomic E-state index is 12.4. The Morgan fingerprint density at radius 3 is 1.10 bits per heavy atom. The zero-order valence-corrected chi connectivity index (χ0v) is 46.3. The summed E-state index contributed by atoms with van der Waals surface area (Å²) in [5, 5.41) is 23.0. The first-order valence-corrected chi connectivity index (χ1v) is 30.8. The molecule has 0 spiro atoms. The fourth-order valence-electron chi connectivity index (χ4n) is 9.43.